The molecule has 0 radical (unpaired) electrons. The van der Waals surface area contributed by atoms with Crippen molar-refractivity contribution in [2.45, 2.75) is 70.5 Å². The van der Waals surface area contributed by atoms with E-state index >= 15 is 0 Å². The second kappa shape index (κ2) is 15.1. The van der Waals surface area contributed by atoms with E-state index < -0.39 is 54.3 Å². The fourth-order valence-electron chi connectivity index (χ4n) is 2.71. The first-order valence-corrected chi connectivity index (χ1v) is 10.3. The molecule has 3 amide bonds. The van der Waals surface area contributed by atoms with Crippen molar-refractivity contribution in [3.8, 4) is 0 Å². The zero-order valence-corrected chi connectivity index (χ0v) is 18.1. The normalized spacial score (nSPS) is 13.7. The fourth-order valence-corrected chi connectivity index (χ4v) is 2.71. The molecule has 0 bridgehead atoms. The minimum absolute atomic E-state index is 0.0165. The van der Waals surface area contributed by atoms with Gasteiger partial charge in [-0.05, 0) is 44.6 Å². The molecule has 0 aromatic heterocycles. The number of carbonyl (C=O) groups is 5. The quantitative estimate of drug-likeness (QED) is 0.138. The van der Waals surface area contributed by atoms with Crippen LogP contribution in [-0.4, -0.2) is 71.1 Å². The van der Waals surface area contributed by atoms with Gasteiger partial charge in [-0.15, -0.1) is 0 Å². The van der Waals surface area contributed by atoms with Crippen LogP contribution in [0.1, 0.15) is 52.4 Å². The maximum atomic E-state index is 12.8. The summed E-state index contributed by atoms with van der Waals surface area (Å²) in [6.07, 6.45) is 1.27. The Morgan fingerprint density at radius 2 is 1.45 bits per heavy atom. The van der Waals surface area contributed by atoms with Gasteiger partial charge in [0.1, 0.15) is 18.6 Å². The molecular weight excluding hydrogens is 410 g/mol. The van der Waals surface area contributed by atoms with Crippen molar-refractivity contribution >= 4 is 29.7 Å². The SMILES string of the molecule is CC(C)CC(NC(=O)C(N)CCC(=O)O)C(=O)NC(CCCCN)C(=O)NCC(=O)O. The minimum atomic E-state index is -1.22. The maximum absolute atomic E-state index is 12.8. The summed E-state index contributed by atoms with van der Waals surface area (Å²) < 4.78 is 0. The number of amides is 3. The number of unbranched alkanes of at least 4 members (excludes halogenated alkanes) is 1. The van der Waals surface area contributed by atoms with Crippen LogP contribution in [0.25, 0.3) is 0 Å². The summed E-state index contributed by atoms with van der Waals surface area (Å²) in [4.78, 5) is 58.8. The molecule has 31 heavy (non-hydrogen) atoms. The minimum Gasteiger partial charge on any atom is -0.481 e. The Morgan fingerprint density at radius 1 is 0.839 bits per heavy atom. The van der Waals surface area contributed by atoms with E-state index in [0.717, 1.165) is 0 Å². The summed E-state index contributed by atoms with van der Waals surface area (Å²) in [6, 6.07) is -3.09. The average molecular weight is 446 g/mol. The van der Waals surface area contributed by atoms with E-state index in [0.29, 0.717) is 19.4 Å². The third kappa shape index (κ3) is 13.2. The monoisotopic (exact) mass is 445 g/mol. The van der Waals surface area contributed by atoms with Gasteiger partial charge in [0.2, 0.25) is 17.7 Å². The number of nitrogens with one attached hydrogen (secondary N) is 3. The van der Waals surface area contributed by atoms with Crippen molar-refractivity contribution in [2.24, 2.45) is 17.4 Å². The van der Waals surface area contributed by atoms with Gasteiger partial charge < -0.3 is 37.6 Å². The van der Waals surface area contributed by atoms with Gasteiger partial charge in [-0.3, -0.25) is 24.0 Å². The molecule has 9 N–H and O–H groups in total. The van der Waals surface area contributed by atoms with E-state index in [1.807, 2.05) is 13.8 Å². The predicted molar refractivity (Wildman–Crippen MR) is 112 cm³/mol. The third-order valence-corrected chi connectivity index (χ3v) is 4.34. The lowest BCUT2D eigenvalue weighted by Gasteiger charge is -2.25. The molecule has 0 aromatic rings. The lowest BCUT2D eigenvalue weighted by atomic mass is 10.0. The summed E-state index contributed by atoms with van der Waals surface area (Å²) in [5.74, 6) is -4.23. The highest BCUT2D eigenvalue weighted by molar-refractivity contribution is 5.93. The van der Waals surface area contributed by atoms with Gasteiger partial charge in [0.05, 0.1) is 6.04 Å². The summed E-state index contributed by atoms with van der Waals surface area (Å²) >= 11 is 0. The number of hydrogen-bond acceptors (Lipinski definition) is 7. The summed E-state index contributed by atoms with van der Waals surface area (Å²) in [6.45, 7) is 3.49. The van der Waals surface area contributed by atoms with Gasteiger partial charge in [0.15, 0.2) is 0 Å². The number of carbonyl (C=O) groups excluding carboxylic acids is 3. The van der Waals surface area contributed by atoms with E-state index in [2.05, 4.69) is 16.0 Å². The van der Waals surface area contributed by atoms with Crippen LogP contribution < -0.4 is 27.4 Å². The molecule has 0 aliphatic rings. The molecule has 3 atom stereocenters. The number of aliphatic carboxylic acids is 2. The third-order valence-electron chi connectivity index (χ3n) is 4.34. The highest BCUT2D eigenvalue weighted by Crippen LogP contribution is 2.08. The molecule has 3 unspecified atom stereocenters. The molecule has 0 aliphatic carbocycles. The smallest absolute Gasteiger partial charge is 0.322 e. The largest absolute Gasteiger partial charge is 0.481 e. The van der Waals surface area contributed by atoms with Crippen LogP contribution in [0.15, 0.2) is 0 Å². The van der Waals surface area contributed by atoms with Crippen molar-refractivity contribution in [3.63, 3.8) is 0 Å². The topological polar surface area (TPSA) is 214 Å². The van der Waals surface area contributed by atoms with Crippen LogP contribution in [0.3, 0.4) is 0 Å². The predicted octanol–water partition coefficient (Wildman–Crippen LogP) is -1.48. The van der Waals surface area contributed by atoms with Crippen LogP contribution in [0.5, 0.6) is 0 Å². The van der Waals surface area contributed by atoms with Gasteiger partial charge in [0, 0.05) is 6.42 Å². The maximum Gasteiger partial charge on any atom is 0.322 e. The molecule has 178 valence electrons. The van der Waals surface area contributed by atoms with Gasteiger partial charge in [-0.1, -0.05) is 13.8 Å². The van der Waals surface area contributed by atoms with E-state index in [9.17, 15) is 24.0 Å². The Morgan fingerprint density at radius 3 is 1.97 bits per heavy atom. The zero-order valence-electron chi connectivity index (χ0n) is 18.1. The first-order valence-electron chi connectivity index (χ1n) is 10.3. The van der Waals surface area contributed by atoms with E-state index in [-0.39, 0.29) is 31.6 Å². The zero-order chi connectivity index (χ0) is 24.0. The van der Waals surface area contributed by atoms with E-state index in [1.165, 1.54) is 0 Å². The number of hydrogen-bond donors (Lipinski definition) is 7. The summed E-state index contributed by atoms with van der Waals surface area (Å²) in [7, 11) is 0. The average Bonchev–Trinajstić information content (AvgIpc) is 2.68. The first-order chi connectivity index (χ1) is 14.5. The highest BCUT2D eigenvalue weighted by atomic mass is 16.4. The molecule has 12 heteroatoms. The van der Waals surface area contributed by atoms with Gasteiger partial charge >= 0.3 is 11.9 Å². The Hall–Kier alpha value is -2.73. The first kappa shape index (κ1) is 28.3. The second-order valence-corrected chi connectivity index (χ2v) is 7.69. The Labute approximate surface area is 181 Å². The van der Waals surface area contributed by atoms with Gasteiger partial charge in [0.25, 0.3) is 0 Å². The molecule has 12 nitrogen and oxygen atoms in total. The Kier molecular flexibility index (Phi) is 13.8. The van der Waals surface area contributed by atoms with Crippen molar-refractivity contribution in [3.05, 3.63) is 0 Å². The number of carboxylic acids is 2. The number of rotatable bonds is 16. The van der Waals surface area contributed by atoms with Crippen molar-refractivity contribution < 1.29 is 34.2 Å². The molecule has 0 spiro atoms. The molecule has 0 aromatic carbocycles. The summed E-state index contributed by atoms with van der Waals surface area (Å²) in [5.41, 5.74) is 11.2. The van der Waals surface area contributed by atoms with E-state index in [4.69, 9.17) is 21.7 Å². The van der Waals surface area contributed by atoms with Crippen molar-refractivity contribution in [2.75, 3.05) is 13.1 Å². The van der Waals surface area contributed by atoms with Crippen LogP contribution in [0.4, 0.5) is 0 Å². The molecule has 0 heterocycles. The molecule has 0 saturated heterocycles. The van der Waals surface area contributed by atoms with Crippen LogP contribution in [0, 0.1) is 5.92 Å². The summed E-state index contributed by atoms with van der Waals surface area (Å²) in [5, 5.41) is 24.8. The van der Waals surface area contributed by atoms with Crippen LogP contribution in [0.2, 0.25) is 0 Å². The van der Waals surface area contributed by atoms with Gasteiger partial charge in [-0.2, -0.15) is 0 Å². The lowest BCUT2D eigenvalue weighted by molar-refractivity contribution is -0.139. The van der Waals surface area contributed by atoms with Crippen molar-refractivity contribution in [1.82, 2.24) is 16.0 Å². The number of nitrogens with two attached hydrogens (primary N) is 2. The van der Waals surface area contributed by atoms with Crippen LogP contribution in [-0.2, 0) is 24.0 Å². The number of carboxylic acid groups (broad SMARTS) is 2. The second-order valence-electron chi connectivity index (χ2n) is 7.69. The van der Waals surface area contributed by atoms with Gasteiger partial charge in [-0.25, -0.2) is 0 Å². The van der Waals surface area contributed by atoms with Crippen molar-refractivity contribution in [1.29, 1.82) is 0 Å². The van der Waals surface area contributed by atoms with E-state index in [1.54, 1.807) is 0 Å². The molecule has 0 saturated carbocycles. The molecular formula is C19H35N5O7. The molecule has 0 fully saturated rings. The lowest BCUT2D eigenvalue weighted by Crippen LogP contribution is -2.56. The highest BCUT2D eigenvalue weighted by Gasteiger charge is 2.28. The molecule has 0 aliphatic heterocycles. The fraction of sp³-hybridized carbons (Fsp3) is 0.737. The Balaban J connectivity index is 5.20. The standard InChI is InChI=1S/C19H35N5O7/c1-11(2)9-14(24-17(29)12(21)6-7-15(25)26)19(31)23-13(5-3-4-8-20)18(30)22-10-16(27)28/h11-14H,3-10,20-21H2,1-2H3,(H,22,30)(H,23,31)(H,24,29)(H,25,26)(H,27,28). The Bertz CT molecular complexity index is 627. The molecule has 0 rings (SSSR count). The van der Waals surface area contributed by atoms with Crippen LogP contribution >= 0.6 is 0 Å².